The Bertz CT molecular complexity index is 912. The van der Waals surface area contributed by atoms with Crippen LogP contribution in [0.15, 0.2) is 48.5 Å². The molecule has 0 bridgehead atoms. The molecular weight excluding hydrogens is 396 g/mol. The Balaban J connectivity index is 1.96. The zero-order valence-electron chi connectivity index (χ0n) is 18.6. The highest BCUT2D eigenvalue weighted by Gasteiger charge is 2.27. The summed E-state index contributed by atoms with van der Waals surface area (Å²) in [5, 5.41) is 1.94. The molecule has 3 N–H and O–H groups in total. The van der Waals surface area contributed by atoms with Crippen LogP contribution < -0.4 is 15.8 Å². The highest BCUT2D eigenvalue weighted by atomic mass is 16.5. The molecule has 0 aliphatic rings. The maximum Gasteiger partial charge on any atom is 0.338 e. The number of benzene rings is 2. The summed E-state index contributed by atoms with van der Waals surface area (Å²) in [6, 6.07) is 13.7. The molecule has 0 saturated heterocycles. The van der Waals surface area contributed by atoms with E-state index in [9.17, 15) is 14.4 Å². The Morgan fingerprint density at radius 2 is 1.55 bits per heavy atom. The van der Waals surface area contributed by atoms with Crippen molar-refractivity contribution in [1.82, 2.24) is 5.32 Å². The van der Waals surface area contributed by atoms with E-state index >= 15 is 0 Å². The smallest absolute Gasteiger partial charge is 0.338 e. The highest BCUT2D eigenvalue weighted by Crippen LogP contribution is 2.24. The average Bonchev–Trinajstić information content (AvgIpc) is 2.69. The van der Waals surface area contributed by atoms with Crippen LogP contribution >= 0.6 is 0 Å². The zero-order valence-corrected chi connectivity index (χ0v) is 18.6. The molecule has 0 aromatic heterocycles. The van der Waals surface area contributed by atoms with Crippen LogP contribution in [0.3, 0.4) is 0 Å². The third-order valence-corrected chi connectivity index (χ3v) is 4.66. The number of amides is 3. The Labute approximate surface area is 182 Å². The van der Waals surface area contributed by atoms with Crippen molar-refractivity contribution in [2.75, 3.05) is 0 Å². The number of urea groups is 1. The van der Waals surface area contributed by atoms with Crippen LogP contribution in [0.5, 0.6) is 5.75 Å². The van der Waals surface area contributed by atoms with E-state index in [0.717, 1.165) is 11.3 Å². The van der Waals surface area contributed by atoms with Crippen molar-refractivity contribution in [3.05, 3.63) is 65.2 Å². The number of rotatable bonds is 7. The van der Waals surface area contributed by atoms with Gasteiger partial charge in [-0.3, -0.25) is 10.1 Å². The van der Waals surface area contributed by atoms with Crippen molar-refractivity contribution in [3.63, 3.8) is 0 Å². The predicted octanol–water partition coefficient (Wildman–Crippen LogP) is 3.94. The van der Waals surface area contributed by atoms with Gasteiger partial charge in [0.25, 0.3) is 5.91 Å². The lowest BCUT2D eigenvalue weighted by Crippen LogP contribution is -2.45. The molecule has 0 aliphatic heterocycles. The van der Waals surface area contributed by atoms with Gasteiger partial charge >= 0.3 is 12.0 Å². The van der Waals surface area contributed by atoms with E-state index in [4.69, 9.17) is 15.2 Å². The molecule has 2 aromatic carbocycles. The minimum atomic E-state index is -1.13. The predicted molar refractivity (Wildman–Crippen MR) is 118 cm³/mol. The molecule has 0 radical (unpaired) electrons. The lowest BCUT2D eigenvalue weighted by atomic mass is 9.87. The van der Waals surface area contributed by atoms with E-state index in [0.29, 0.717) is 6.61 Å². The topological polar surface area (TPSA) is 108 Å². The van der Waals surface area contributed by atoms with Gasteiger partial charge in [0.15, 0.2) is 6.10 Å². The largest absolute Gasteiger partial charge is 0.489 e. The summed E-state index contributed by atoms with van der Waals surface area (Å²) in [5.41, 5.74) is 7.44. The highest BCUT2D eigenvalue weighted by molar-refractivity contribution is 5.98. The van der Waals surface area contributed by atoms with Crippen LogP contribution in [0.1, 0.15) is 56.1 Å². The Hall–Kier alpha value is -3.35. The van der Waals surface area contributed by atoms with E-state index in [1.54, 1.807) is 38.1 Å². The normalized spacial score (nSPS) is 12.2. The van der Waals surface area contributed by atoms with E-state index < -0.39 is 24.0 Å². The molecule has 0 fully saturated rings. The summed E-state index contributed by atoms with van der Waals surface area (Å²) in [6.07, 6.45) is -1.13. The number of nitrogens with two attached hydrogens (primary N) is 1. The lowest BCUT2D eigenvalue weighted by Gasteiger charge is -2.20. The number of imide groups is 1. The van der Waals surface area contributed by atoms with E-state index in [2.05, 4.69) is 20.8 Å². The third-order valence-electron chi connectivity index (χ3n) is 4.66. The van der Waals surface area contributed by atoms with Crippen LogP contribution in [0, 0.1) is 5.92 Å². The first kappa shape index (κ1) is 23.9. The first-order valence-electron chi connectivity index (χ1n) is 10.1. The van der Waals surface area contributed by atoms with Gasteiger partial charge in [-0.15, -0.1) is 0 Å². The molecular formula is C24H30N2O5. The second kappa shape index (κ2) is 10.1. The first-order valence-corrected chi connectivity index (χ1v) is 10.1. The number of hydrogen-bond acceptors (Lipinski definition) is 5. The second-order valence-corrected chi connectivity index (χ2v) is 8.68. The maximum absolute atomic E-state index is 12.4. The summed E-state index contributed by atoms with van der Waals surface area (Å²) in [6.45, 7) is 10.2. The number of primary amides is 1. The van der Waals surface area contributed by atoms with Gasteiger partial charge in [0.1, 0.15) is 12.4 Å². The molecule has 2 aromatic rings. The van der Waals surface area contributed by atoms with Gasteiger partial charge in [0, 0.05) is 0 Å². The Kier molecular flexibility index (Phi) is 7.80. The van der Waals surface area contributed by atoms with Crippen molar-refractivity contribution < 1.29 is 23.9 Å². The first-order chi connectivity index (χ1) is 14.5. The van der Waals surface area contributed by atoms with Gasteiger partial charge in [-0.05, 0) is 46.7 Å². The van der Waals surface area contributed by atoms with Crippen molar-refractivity contribution in [2.24, 2.45) is 11.7 Å². The molecule has 2 rings (SSSR count). The quantitative estimate of drug-likeness (QED) is 0.652. The molecule has 7 nitrogen and oxygen atoms in total. The van der Waals surface area contributed by atoms with Gasteiger partial charge in [-0.1, -0.05) is 58.9 Å². The standard InChI is InChI=1S/C24H30N2O5/c1-15(2)20(21(27)26-23(25)29)31-22(28)17-8-6-16(7-9-17)14-30-19-12-10-18(11-13-19)24(3,4)5/h6-13,15,20H,14H2,1-5H3,(H3,25,26,27,29). The summed E-state index contributed by atoms with van der Waals surface area (Å²) in [7, 11) is 0. The molecule has 1 unspecified atom stereocenters. The third kappa shape index (κ3) is 7.13. The number of ether oxygens (including phenoxy) is 2. The fourth-order valence-corrected chi connectivity index (χ4v) is 2.82. The molecule has 0 saturated carbocycles. The Morgan fingerprint density at radius 3 is 2.03 bits per heavy atom. The summed E-state index contributed by atoms with van der Waals surface area (Å²) >= 11 is 0. The molecule has 7 heteroatoms. The van der Waals surface area contributed by atoms with E-state index in [1.165, 1.54) is 5.56 Å². The number of carbonyl (C=O) groups is 3. The van der Waals surface area contributed by atoms with Gasteiger partial charge in [-0.2, -0.15) is 0 Å². The number of carbonyl (C=O) groups excluding carboxylic acids is 3. The van der Waals surface area contributed by atoms with Crippen molar-refractivity contribution in [2.45, 2.75) is 52.7 Å². The minimum Gasteiger partial charge on any atom is -0.489 e. The molecule has 0 spiro atoms. The summed E-state index contributed by atoms with van der Waals surface area (Å²) in [5.74, 6) is -0.987. The molecule has 166 valence electrons. The minimum absolute atomic E-state index is 0.0814. The fraction of sp³-hybridized carbons (Fsp3) is 0.375. The van der Waals surface area contributed by atoms with Crippen LogP contribution in [-0.2, 0) is 21.6 Å². The van der Waals surface area contributed by atoms with E-state index in [1.807, 2.05) is 29.6 Å². The molecule has 0 heterocycles. The number of nitrogens with one attached hydrogen (secondary N) is 1. The van der Waals surface area contributed by atoms with Crippen LogP contribution in [-0.4, -0.2) is 24.0 Å². The van der Waals surface area contributed by atoms with Gasteiger partial charge < -0.3 is 15.2 Å². The Morgan fingerprint density at radius 1 is 0.968 bits per heavy atom. The van der Waals surface area contributed by atoms with Gasteiger partial charge in [0.2, 0.25) is 0 Å². The molecule has 1 atom stereocenters. The van der Waals surface area contributed by atoms with Gasteiger partial charge in [0.05, 0.1) is 5.56 Å². The average molecular weight is 427 g/mol. The van der Waals surface area contributed by atoms with E-state index in [-0.39, 0.29) is 16.9 Å². The number of hydrogen-bond donors (Lipinski definition) is 2. The monoisotopic (exact) mass is 426 g/mol. The van der Waals surface area contributed by atoms with Crippen LogP contribution in [0.25, 0.3) is 0 Å². The van der Waals surface area contributed by atoms with Crippen molar-refractivity contribution in [1.29, 1.82) is 0 Å². The summed E-state index contributed by atoms with van der Waals surface area (Å²) in [4.78, 5) is 35.3. The van der Waals surface area contributed by atoms with Crippen LogP contribution in [0.4, 0.5) is 4.79 Å². The SMILES string of the molecule is CC(C)C(OC(=O)c1ccc(COc2ccc(C(C)(C)C)cc2)cc1)C(=O)NC(N)=O. The van der Waals surface area contributed by atoms with Crippen molar-refractivity contribution >= 4 is 17.9 Å². The molecule has 31 heavy (non-hydrogen) atoms. The molecule has 0 aliphatic carbocycles. The zero-order chi connectivity index (χ0) is 23.2. The molecule has 3 amide bonds. The van der Waals surface area contributed by atoms with Crippen molar-refractivity contribution in [3.8, 4) is 5.75 Å². The summed E-state index contributed by atoms with van der Waals surface area (Å²) < 4.78 is 11.1. The second-order valence-electron chi connectivity index (χ2n) is 8.68. The fourth-order valence-electron chi connectivity index (χ4n) is 2.82. The lowest BCUT2D eigenvalue weighted by molar-refractivity contribution is -0.130. The van der Waals surface area contributed by atoms with Gasteiger partial charge in [-0.25, -0.2) is 9.59 Å². The van der Waals surface area contributed by atoms with Crippen LogP contribution in [0.2, 0.25) is 0 Å². The number of esters is 1. The maximum atomic E-state index is 12.4.